The Morgan fingerprint density at radius 2 is 2.26 bits per heavy atom. The normalized spacial score (nSPS) is 14.0. The number of carbonyl (C=O) groups excluding carboxylic acids is 1. The van der Waals surface area contributed by atoms with Crippen molar-refractivity contribution in [1.82, 2.24) is 14.8 Å². The lowest BCUT2D eigenvalue weighted by atomic mass is 10.1. The van der Waals surface area contributed by atoms with Gasteiger partial charge in [-0.05, 0) is 44.9 Å². The number of aromatic nitrogens is 3. The summed E-state index contributed by atoms with van der Waals surface area (Å²) in [5, 5.41) is 7.31. The zero-order chi connectivity index (χ0) is 16.4. The molecular weight excluding hydrogens is 314 g/mol. The molecule has 2 aromatic rings. The number of ether oxygens (including phenoxy) is 1. The fourth-order valence-electron chi connectivity index (χ4n) is 2.40. The number of nitrogens with zero attached hydrogens (tertiary/aromatic N) is 2. The number of ketones is 1. The van der Waals surface area contributed by atoms with Crippen LogP contribution in [0.3, 0.4) is 0 Å². The summed E-state index contributed by atoms with van der Waals surface area (Å²) in [6, 6.07) is 5.73. The standard InChI is InChI=1S/C16H19N3O3S/c1-3-22-14-7-4-11(10(2)20)8-12(14)9-23-16-18-17-15(21)19(16)13-5-6-13/h4,7-8,13H,3,5-6,9H2,1-2H3,(H,17,21). The van der Waals surface area contributed by atoms with Gasteiger partial charge in [-0.15, -0.1) is 5.10 Å². The van der Waals surface area contributed by atoms with E-state index >= 15 is 0 Å². The highest BCUT2D eigenvalue weighted by Gasteiger charge is 2.28. The lowest BCUT2D eigenvalue weighted by Gasteiger charge is -2.11. The van der Waals surface area contributed by atoms with Crippen LogP contribution in [0.5, 0.6) is 5.75 Å². The molecule has 23 heavy (non-hydrogen) atoms. The number of hydrogen-bond donors (Lipinski definition) is 1. The number of thioether (sulfide) groups is 1. The van der Waals surface area contributed by atoms with Crippen LogP contribution in [0.15, 0.2) is 28.2 Å². The molecule has 0 aliphatic heterocycles. The van der Waals surface area contributed by atoms with Crippen molar-refractivity contribution < 1.29 is 9.53 Å². The highest BCUT2D eigenvalue weighted by Crippen LogP contribution is 2.37. The van der Waals surface area contributed by atoms with E-state index in [0.717, 1.165) is 24.2 Å². The molecule has 0 bridgehead atoms. The van der Waals surface area contributed by atoms with Gasteiger partial charge in [-0.25, -0.2) is 9.89 Å². The van der Waals surface area contributed by atoms with E-state index < -0.39 is 0 Å². The molecule has 1 saturated carbocycles. The number of rotatable bonds is 7. The number of carbonyl (C=O) groups is 1. The Morgan fingerprint density at radius 1 is 1.48 bits per heavy atom. The Kier molecular flexibility index (Phi) is 4.56. The van der Waals surface area contributed by atoms with Crippen LogP contribution in [-0.2, 0) is 5.75 Å². The molecule has 1 aromatic carbocycles. The van der Waals surface area contributed by atoms with Gasteiger partial charge >= 0.3 is 5.69 Å². The van der Waals surface area contributed by atoms with Gasteiger partial charge in [0.25, 0.3) is 0 Å². The van der Waals surface area contributed by atoms with Gasteiger partial charge in [0.15, 0.2) is 10.9 Å². The minimum absolute atomic E-state index is 0.0222. The minimum Gasteiger partial charge on any atom is -0.494 e. The largest absolute Gasteiger partial charge is 0.494 e. The highest BCUT2D eigenvalue weighted by atomic mass is 32.2. The summed E-state index contributed by atoms with van der Waals surface area (Å²) in [4.78, 5) is 23.4. The third kappa shape index (κ3) is 3.50. The summed E-state index contributed by atoms with van der Waals surface area (Å²) in [5.41, 5.74) is 1.44. The molecule has 0 radical (unpaired) electrons. The van der Waals surface area contributed by atoms with Crippen molar-refractivity contribution in [2.45, 2.75) is 43.6 Å². The Bertz CT molecular complexity index is 777. The number of aromatic amines is 1. The molecule has 1 aliphatic carbocycles. The van der Waals surface area contributed by atoms with Crippen molar-refractivity contribution in [1.29, 1.82) is 0 Å². The van der Waals surface area contributed by atoms with Crippen LogP contribution < -0.4 is 10.4 Å². The molecule has 0 amide bonds. The lowest BCUT2D eigenvalue weighted by Crippen LogP contribution is -2.16. The zero-order valence-electron chi connectivity index (χ0n) is 13.2. The second kappa shape index (κ2) is 6.62. The van der Waals surface area contributed by atoms with E-state index in [1.807, 2.05) is 19.1 Å². The number of nitrogens with one attached hydrogen (secondary N) is 1. The second-order valence-electron chi connectivity index (χ2n) is 5.51. The molecule has 0 saturated heterocycles. The highest BCUT2D eigenvalue weighted by molar-refractivity contribution is 7.98. The maximum absolute atomic E-state index is 11.8. The molecule has 1 N–H and O–H groups in total. The van der Waals surface area contributed by atoms with Crippen LogP contribution in [-0.4, -0.2) is 27.2 Å². The van der Waals surface area contributed by atoms with E-state index in [-0.39, 0.29) is 17.5 Å². The summed E-state index contributed by atoms with van der Waals surface area (Å²) in [6.45, 7) is 4.03. The Hall–Kier alpha value is -2.02. The van der Waals surface area contributed by atoms with E-state index in [2.05, 4.69) is 10.2 Å². The summed E-state index contributed by atoms with van der Waals surface area (Å²) in [5.74, 6) is 1.38. The average Bonchev–Trinajstić information content (AvgIpc) is 3.29. The van der Waals surface area contributed by atoms with Crippen LogP contribution >= 0.6 is 11.8 Å². The van der Waals surface area contributed by atoms with Gasteiger partial charge in [0.05, 0.1) is 6.61 Å². The van der Waals surface area contributed by atoms with Crippen molar-refractivity contribution in [2.75, 3.05) is 6.61 Å². The molecule has 0 spiro atoms. The van der Waals surface area contributed by atoms with Crippen molar-refractivity contribution >= 4 is 17.5 Å². The first-order valence-electron chi connectivity index (χ1n) is 7.66. The van der Waals surface area contributed by atoms with Crippen LogP contribution in [0.2, 0.25) is 0 Å². The van der Waals surface area contributed by atoms with Gasteiger partial charge in [-0.2, -0.15) is 0 Å². The number of benzene rings is 1. The Balaban J connectivity index is 1.83. The zero-order valence-corrected chi connectivity index (χ0v) is 14.0. The molecule has 1 aliphatic rings. The maximum Gasteiger partial charge on any atom is 0.344 e. The fraction of sp³-hybridized carbons (Fsp3) is 0.438. The quantitative estimate of drug-likeness (QED) is 0.623. The molecule has 7 heteroatoms. The van der Waals surface area contributed by atoms with Crippen LogP contribution in [0.1, 0.15) is 48.7 Å². The van der Waals surface area contributed by atoms with E-state index in [0.29, 0.717) is 23.1 Å². The topological polar surface area (TPSA) is 77.0 Å². The molecule has 6 nitrogen and oxygen atoms in total. The number of H-pyrrole nitrogens is 1. The lowest BCUT2D eigenvalue weighted by molar-refractivity contribution is 0.101. The molecule has 1 heterocycles. The van der Waals surface area contributed by atoms with Gasteiger partial charge in [0.2, 0.25) is 0 Å². The number of Topliss-reactive ketones (excluding diaryl/α,β-unsaturated/α-hetero) is 1. The SMILES string of the molecule is CCOc1ccc(C(C)=O)cc1CSc1n[nH]c(=O)n1C1CC1. The Labute approximate surface area is 138 Å². The van der Waals surface area contributed by atoms with Gasteiger partial charge in [0, 0.05) is 22.9 Å². The van der Waals surface area contributed by atoms with Crippen molar-refractivity contribution in [3.05, 3.63) is 39.8 Å². The first-order chi connectivity index (χ1) is 11.1. The van der Waals surface area contributed by atoms with Crippen molar-refractivity contribution in [2.24, 2.45) is 0 Å². The smallest absolute Gasteiger partial charge is 0.344 e. The molecule has 3 rings (SSSR count). The summed E-state index contributed by atoms with van der Waals surface area (Å²) in [6.07, 6.45) is 2.05. The maximum atomic E-state index is 11.8. The predicted octanol–water partition coefficient (Wildman–Crippen LogP) is 2.80. The van der Waals surface area contributed by atoms with E-state index in [1.165, 1.54) is 11.8 Å². The number of hydrogen-bond acceptors (Lipinski definition) is 5. The summed E-state index contributed by atoms with van der Waals surface area (Å²) < 4.78 is 7.36. The van der Waals surface area contributed by atoms with Crippen LogP contribution in [0.25, 0.3) is 0 Å². The molecule has 0 atom stereocenters. The molecule has 122 valence electrons. The molecular formula is C16H19N3O3S. The molecule has 0 unspecified atom stereocenters. The molecule has 1 aromatic heterocycles. The second-order valence-corrected chi connectivity index (χ2v) is 6.46. The van der Waals surface area contributed by atoms with Gasteiger partial charge in [0.1, 0.15) is 5.75 Å². The van der Waals surface area contributed by atoms with E-state index in [1.54, 1.807) is 17.6 Å². The van der Waals surface area contributed by atoms with Gasteiger partial charge < -0.3 is 4.74 Å². The van der Waals surface area contributed by atoms with Gasteiger partial charge in [-0.3, -0.25) is 9.36 Å². The first-order valence-corrected chi connectivity index (χ1v) is 8.65. The summed E-state index contributed by atoms with van der Waals surface area (Å²) in [7, 11) is 0. The third-order valence-electron chi connectivity index (χ3n) is 3.71. The van der Waals surface area contributed by atoms with Gasteiger partial charge in [-0.1, -0.05) is 11.8 Å². The first kappa shape index (κ1) is 15.9. The van der Waals surface area contributed by atoms with Crippen LogP contribution in [0, 0.1) is 0 Å². The van der Waals surface area contributed by atoms with Crippen molar-refractivity contribution in [3.63, 3.8) is 0 Å². The predicted molar refractivity (Wildman–Crippen MR) is 88.3 cm³/mol. The Morgan fingerprint density at radius 3 is 2.91 bits per heavy atom. The third-order valence-corrected chi connectivity index (χ3v) is 4.71. The monoisotopic (exact) mass is 333 g/mol. The summed E-state index contributed by atoms with van der Waals surface area (Å²) >= 11 is 1.48. The average molecular weight is 333 g/mol. The van der Waals surface area contributed by atoms with E-state index in [9.17, 15) is 9.59 Å². The van der Waals surface area contributed by atoms with E-state index in [4.69, 9.17) is 4.74 Å². The van der Waals surface area contributed by atoms with Crippen molar-refractivity contribution in [3.8, 4) is 5.75 Å². The fourth-order valence-corrected chi connectivity index (χ4v) is 3.39. The van der Waals surface area contributed by atoms with Crippen LogP contribution in [0.4, 0.5) is 0 Å². The minimum atomic E-state index is -0.155. The molecule has 1 fully saturated rings.